The largest absolute Gasteiger partial charge is 0.387 e. The minimum absolute atomic E-state index is 0.0181. The van der Waals surface area contributed by atoms with Crippen molar-refractivity contribution in [3.8, 4) is 0 Å². The summed E-state index contributed by atoms with van der Waals surface area (Å²) in [5.41, 5.74) is 1.90. The van der Waals surface area contributed by atoms with Crippen molar-refractivity contribution in [3.63, 3.8) is 0 Å². The molecule has 2 aromatic rings. The second-order valence-corrected chi connectivity index (χ2v) is 10.3. The van der Waals surface area contributed by atoms with Gasteiger partial charge in [-0.25, -0.2) is 4.79 Å². The maximum absolute atomic E-state index is 13.0. The van der Waals surface area contributed by atoms with Crippen LogP contribution in [0.15, 0.2) is 42.5 Å². The highest BCUT2D eigenvalue weighted by atomic mass is 35.5. The normalized spacial score (nSPS) is 13.2. The lowest BCUT2D eigenvalue weighted by Crippen LogP contribution is -2.43. The minimum atomic E-state index is -0.903. The van der Waals surface area contributed by atoms with E-state index in [1.54, 1.807) is 23.1 Å². The highest BCUT2D eigenvalue weighted by molar-refractivity contribution is 6.42. The van der Waals surface area contributed by atoms with Crippen LogP contribution < -0.4 is 10.6 Å². The van der Waals surface area contributed by atoms with Crippen molar-refractivity contribution in [2.75, 3.05) is 18.4 Å². The number of carbonyl (C=O) groups excluding carboxylic acids is 2. The molecule has 0 bridgehead atoms. The van der Waals surface area contributed by atoms with Gasteiger partial charge in [-0.15, -0.1) is 0 Å². The van der Waals surface area contributed by atoms with E-state index >= 15 is 0 Å². The van der Waals surface area contributed by atoms with E-state index in [2.05, 4.69) is 10.6 Å². The summed E-state index contributed by atoms with van der Waals surface area (Å²) in [4.78, 5) is 26.6. The summed E-state index contributed by atoms with van der Waals surface area (Å²) in [5.74, 6) is 0.0181. The van der Waals surface area contributed by atoms with Crippen LogP contribution in [0.3, 0.4) is 0 Å². The molecule has 0 saturated heterocycles. The maximum atomic E-state index is 13.0. The average molecular weight is 508 g/mol. The smallest absolute Gasteiger partial charge is 0.322 e. The van der Waals surface area contributed by atoms with Crippen LogP contribution in [0.25, 0.3) is 0 Å². The molecule has 0 unspecified atom stereocenters. The Hall–Kier alpha value is -2.28. The fourth-order valence-corrected chi connectivity index (χ4v) is 3.54. The number of nitrogens with zero attached hydrogens (tertiary/aromatic N) is 1. The van der Waals surface area contributed by atoms with Crippen molar-refractivity contribution in [3.05, 3.63) is 63.6 Å². The molecule has 0 aromatic heterocycles. The van der Waals surface area contributed by atoms with E-state index in [9.17, 15) is 14.7 Å². The zero-order chi connectivity index (χ0) is 25.5. The van der Waals surface area contributed by atoms with Crippen molar-refractivity contribution >= 4 is 40.8 Å². The lowest BCUT2D eigenvalue weighted by Gasteiger charge is -2.31. The number of rotatable bonds is 9. The zero-order valence-corrected chi connectivity index (χ0v) is 22.0. The third kappa shape index (κ3) is 8.19. The highest BCUT2D eigenvalue weighted by Crippen LogP contribution is 2.27. The number of nitrogens with one attached hydrogen (secondary N) is 2. The number of carbonyl (C=O) groups is 2. The summed E-state index contributed by atoms with van der Waals surface area (Å²) in [6, 6.07) is 12.1. The van der Waals surface area contributed by atoms with E-state index in [-0.39, 0.29) is 24.5 Å². The predicted octanol–water partition coefficient (Wildman–Crippen LogP) is 6.06. The molecule has 2 aromatic carbocycles. The third-order valence-corrected chi connectivity index (χ3v) is 6.41. The molecular weight excluding hydrogens is 473 g/mol. The molecule has 3 N–H and O–H groups in total. The van der Waals surface area contributed by atoms with Gasteiger partial charge in [0.05, 0.1) is 22.7 Å². The van der Waals surface area contributed by atoms with E-state index in [4.69, 9.17) is 23.2 Å². The number of aliphatic hydroxyl groups is 1. The fraction of sp³-hybridized carbons (Fsp3) is 0.462. The van der Waals surface area contributed by atoms with Crippen LogP contribution in [-0.2, 0) is 11.2 Å². The lowest BCUT2D eigenvalue weighted by molar-refractivity contribution is -0.128. The molecule has 0 heterocycles. The molecule has 0 aliphatic heterocycles. The summed E-state index contributed by atoms with van der Waals surface area (Å²) in [6.07, 6.45) is 0.534. The van der Waals surface area contributed by atoms with Crippen molar-refractivity contribution in [2.24, 2.45) is 5.41 Å². The Balaban J connectivity index is 1.99. The van der Waals surface area contributed by atoms with Crippen LogP contribution in [0.5, 0.6) is 0 Å². The molecule has 0 aliphatic rings. The van der Waals surface area contributed by atoms with Gasteiger partial charge in [-0.2, -0.15) is 0 Å². The molecule has 0 radical (unpaired) electrons. The van der Waals surface area contributed by atoms with Crippen LogP contribution in [0.1, 0.15) is 58.3 Å². The van der Waals surface area contributed by atoms with E-state index in [1.165, 1.54) is 0 Å². The summed E-state index contributed by atoms with van der Waals surface area (Å²) in [5, 5.41) is 17.3. The quantitative estimate of drug-likeness (QED) is 0.385. The van der Waals surface area contributed by atoms with Crippen LogP contribution >= 0.6 is 23.2 Å². The van der Waals surface area contributed by atoms with Gasteiger partial charge in [0.15, 0.2) is 0 Å². The number of urea groups is 1. The van der Waals surface area contributed by atoms with E-state index in [0.717, 1.165) is 12.0 Å². The summed E-state index contributed by atoms with van der Waals surface area (Å²) < 4.78 is 0. The summed E-state index contributed by atoms with van der Waals surface area (Å²) >= 11 is 12.0. The van der Waals surface area contributed by atoms with Gasteiger partial charge >= 0.3 is 6.03 Å². The fourth-order valence-electron chi connectivity index (χ4n) is 3.23. The SMILES string of the molecule is CC[C@@H](C)N(C[C@@H](O)c1ccc(Cl)c(Cl)c1)C(=O)Nc1ccc(CCNC(=O)C(C)(C)C)cc1. The first-order valence-electron chi connectivity index (χ1n) is 11.5. The van der Waals surface area contributed by atoms with E-state index in [0.29, 0.717) is 34.3 Å². The number of halogens is 2. The highest BCUT2D eigenvalue weighted by Gasteiger charge is 2.24. The Morgan fingerprint density at radius 2 is 1.71 bits per heavy atom. The number of benzene rings is 2. The third-order valence-electron chi connectivity index (χ3n) is 5.67. The first-order valence-corrected chi connectivity index (χ1v) is 12.3. The molecule has 186 valence electrons. The lowest BCUT2D eigenvalue weighted by atomic mass is 9.95. The molecule has 34 heavy (non-hydrogen) atoms. The first kappa shape index (κ1) is 28.0. The Labute approximate surface area is 212 Å². The minimum Gasteiger partial charge on any atom is -0.387 e. The maximum Gasteiger partial charge on any atom is 0.322 e. The van der Waals surface area contributed by atoms with Gasteiger partial charge < -0.3 is 20.6 Å². The summed E-state index contributed by atoms with van der Waals surface area (Å²) in [7, 11) is 0. The topological polar surface area (TPSA) is 81.7 Å². The molecular formula is C26H35Cl2N3O3. The molecule has 0 aliphatic carbocycles. The average Bonchev–Trinajstić information content (AvgIpc) is 2.78. The number of hydrogen-bond donors (Lipinski definition) is 3. The van der Waals surface area contributed by atoms with Gasteiger partial charge in [0.25, 0.3) is 0 Å². The number of aliphatic hydroxyl groups excluding tert-OH is 1. The molecule has 6 nitrogen and oxygen atoms in total. The Bertz CT molecular complexity index is 974. The van der Waals surface area contributed by atoms with Crippen molar-refractivity contribution in [1.82, 2.24) is 10.2 Å². The molecule has 2 atom stereocenters. The van der Waals surface area contributed by atoms with E-state index < -0.39 is 11.5 Å². The summed E-state index contributed by atoms with van der Waals surface area (Å²) in [6.45, 7) is 10.2. The molecule has 2 rings (SSSR count). The first-order chi connectivity index (χ1) is 15.9. The Morgan fingerprint density at radius 3 is 2.26 bits per heavy atom. The number of hydrogen-bond acceptors (Lipinski definition) is 3. The molecule has 3 amide bonds. The van der Waals surface area contributed by atoms with Crippen molar-refractivity contribution in [1.29, 1.82) is 0 Å². The predicted molar refractivity (Wildman–Crippen MR) is 140 cm³/mol. The number of anilines is 1. The monoisotopic (exact) mass is 507 g/mol. The van der Waals surface area contributed by atoms with Crippen LogP contribution in [0.4, 0.5) is 10.5 Å². The van der Waals surface area contributed by atoms with Crippen LogP contribution in [-0.4, -0.2) is 41.1 Å². The Kier molecular flexibility index (Phi) is 10.2. The standard InChI is InChI=1S/C26H35Cl2N3O3/c1-6-17(2)31(16-23(32)19-9-12-21(27)22(28)15-19)25(34)30-20-10-7-18(8-11-20)13-14-29-24(33)26(3,4)5/h7-12,15,17,23,32H,6,13-14,16H2,1-5H3,(H,29,33)(H,30,34)/t17-,23-/m1/s1. The van der Waals surface area contributed by atoms with Gasteiger partial charge in [0, 0.05) is 23.7 Å². The second-order valence-electron chi connectivity index (χ2n) is 9.48. The zero-order valence-electron chi connectivity index (χ0n) is 20.5. The molecule has 0 spiro atoms. The van der Waals surface area contributed by atoms with Gasteiger partial charge in [0.2, 0.25) is 5.91 Å². The van der Waals surface area contributed by atoms with Crippen LogP contribution in [0.2, 0.25) is 10.0 Å². The second kappa shape index (κ2) is 12.4. The molecule has 0 saturated carbocycles. The van der Waals surface area contributed by atoms with E-state index in [1.807, 2.05) is 58.9 Å². The van der Waals surface area contributed by atoms with Gasteiger partial charge in [-0.3, -0.25) is 4.79 Å². The van der Waals surface area contributed by atoms with Gasteiger partial charge in [-0.05, 0) is 55.2 Å². The number of amides is 3. The molecule has 0 fully saturated rings. The van der Waals surface area contributed by atoms with Crippen molar-refractivity contribution in [2.45, 2.75) is 59.6 Å². The Morgan fingerprint density at radius 1 is 1.06 bits per heavy atom. The van der Waals surface area contributed by atoms with Crippen LogP contribution in [0, 0.1) is 5.41 Å². The van der Waals surface area contributed by atoms with Gasteiger partial charge in [0.1, 0.15) is 0 Å². The van der Waals surface area contributed by atoms with Gasteiger partial charge in [-0.1, -0.05) is 69.1 Å². The van der Waals surface area contributed by atoms with Crippen molar-refractivity contribution < 1.29 is 14.7 Å². The molecule has 8 heteroatoms.